The van der Waals surface area contributed by atoms with Crippen molar-refractivity contribution in [2.45, 2.75) is 26.7 Å². The molecule has 0 aliphatic heterocycles. The van der Waals surface area contributed by atoms with Crippen LogP contribution in [0.2, 0.25) is 0 Å². The van der Waals surface area contributed by atoms with Crippen LogP contribution in [0.4, 0.5) is 4.39 Å². The summed E-state index contributed by atoms with van der Waals surface area (Å²) in [5, 5.41) is 0. The molecule has 0 radical (unpaired) electrons. The van der Waals surface area contributed by atoms with E-state index in [9.17, 15) is 4.39 Å². The Bertz CT molecular complexity index is 659. The highest BCUT2D eigenvalue weighted by Gasteiger charge is 2.11. The van der Waals surface area contributed by atoms with Gasteiger partial charge in [-0.3, -0.25) is 0 Å². The molecule has 0 atom stereocenters. The SMILES string of the molecule is Cc1cc(F)cc(-c2nc(=S)c(Br)c(C(C)C)[nH]2)c1. The van der Waals surface area contributed by atoms with Gasteiger partial charge in [-0.2, -0.15) is 0 Å². The summed E-state index contributed by atoms with van der Waals surface area (Å²) in [6, 6.07) is 4.83. The average molecular weight is 341 g/mol. The zero-order valence-corrected chi connectivity index (χ0v) is 13.3. The summed E-state index contributed by atoms with van der Waals surface area (Å²) in [7, 11) is 0. The molecule has 0 saturated carbocycles. The van der Waals surface area contributed by atoms with Crippen LogP contribution < -0.4 is 0 Å². The normalized spacial score (nSPS) is 11.1. The van der Waals surface area contributed by atoms with Crippen molar-refractivity contribution in [3.63, 3.8) is 0 Å². The number of aryl methyl sites for hydroxylation is 1. The monoisotopic (exact) mass is 340 g/mol. The largest absolute Gasteiger partial charge is 0.342 e. The lowest BCUT2D eigenvalue weighted by atomic mass is 10.1. The van der Waals surface area contributed by atoms with Crippen molar-refractivity contribution in [3.05, 3.63) is 44.4 Å². The first-order valence-electron chi connectivity index (χ1n) is 5.95. The fourth-order valence-electron chi connectivity index (χ4n) is 1.88. The van der Waals surface area contributed by atoms with Crippen LogP contribution in [-0.4, -0.2) is 9.97 Å². The van der Waals surface area contributed by atoms with Gasteiger partial charge in [-0.1, -0.05) is 26.1 Å². The molecule has 0 aliphatic carbocycles. The van der Waals surface area contributed by atoms with E-state index >= 15 is 0 Å². The van der Waals surface area contributed by atoms with Crippen molar-refractivity contribution >= 4 is 28.1 Å². The van der Waals surface area contributed by atoms with Crippen molar-refractivity contribution in [1.29, 1.82) is 0 Å². The maximum absolute atomic E-state index is 13.5. The van der Waals surface area contributed by atoms with Crippen LogP contribution in [0.3, 0.4) is 0 Å². The van der Waals surface area contributed by atoms with Gasteiger partial charge in [0.1, 0.15) is 16.3 Å². The molecule has 2 nitrogen and oxygen atoms in total. The smallest absolute Gasteiger partial charge is 0.144 e. The number of nitrogens with one attached hydrogen (secondary N) is 1. The Morgan fingerprint density at radius 1 is 1.32 bits per heavy atom. The zero-order valence-electron chi connectivity index (χ0n) is 10.9. The van der Waals surface area contributed by atoms with Gasteiger partial charge in [0.15, 0.2) is 0 Å². The van der Waals surface area contributed by atoms with Crippen LogP contribution in [0.5, 0.6) is 0 Å². The third-order valence-corrected chi connectivity index (χ3v) is 4.14. The number of aromatic nitrogens is 2. The minimum atomic E-state index is -0.273. The van der Waals surface area contributed by atoms with Gasteiger partial charge in [0.2, 0.25) is 0 Å². The molecule has 100 valence electrons. The maximum atomic E-state index is 13.5. The second-order valence-corrected chi connectivity index (χ2v) is 5.97. The Morgan fingerprint density at radius 2 is 2.00 bits per heavy atom. The number of benzene rings is 1. The predicted molar refractivity (Wildman–Crippen MR) is 81.3 cm³/mol. The van der Waals surface area contributed by atoms with Crippen molar-refractivity contribution in [3.8, 4) is 11.4 Å². The number of H-pyrrole nitrogens is 1. The van der Waals surface area contributed by atoms with Crippen LogP contribution in [0.1, 0.15) is 31.0 Å². The van der Waals surface area contributed by atoms with E-state index in [0.717, 1.165) is 15.7 Å². The van der Waals surface area contributed by atoms with E-state index in [0.29, 0.717) is 16.0 Å². The minimum absolute atomic E-state index is 0.271. The Morgan fingerprint density at radius 3 is 2.58 bits per heavy atom. The lowest BCUT2D eigenvalue weighted by Gasteiger charge is -2.11. The second-order valence-electron chi connectivity index (χ2n) is 4.79. The van der Waals surface area contributed by atoms with Crippen LogP contribution >= 0.6 is 28.1 Å². The van der Waals surface area contributed by atoms with Gasteiger partial charge < -0.3 is 4.98 Å². The first-order valence-corrected chi connectivity index (χ1v) is 7.16. The Balaban J connectivity index is 2.66. The molecule has 1 aromatic heterocycles. The minimum Gasteiger partial charge on any atom is -0.342 e. The second kappa shape index (κ2) is 5.51. The van der Waals surface area contributed by atoms with Crippen LogP contribution in [0, 0.1) is 17.4 Å². The third-order valence-electron chi connectivity index (χ3n) is 2.78. The van der Waals surface area contributed by atoms with Crippen LogP contribution in [0.15, 0.2) is 22.7 Å². The summed E-state index contributed by atoms with van der Waals surface area (Å²) in [6.45, 7) is 5.97. The summed E-state index contributed by atoms with van der Waals surface area (Å²) in [5.41, 5.74) is 2.53. The molecule has 0 fully saturated rings. The van der Waals surface area contributed by atoms with Crippen LogP contribution in [-0.2, 0) is 0 Å². The van der Waals surface area contributed by atoms with Crippen molar-refractivity contribution in [2.24, 2.45) is 0 Å². The quantitative estimate of drug-likeness (QED) is 0.766. The number of halogens is 2. The van der Waals surface area contributed by atoms with E-state index in [4.69, 9.17) is 12.2 Å². The standard InChI is InChI=1S/C14H14BrFN2S/c1-7(2)12-11(15)14(19)18-13(17-12)9-4-8(3)5-10(16)6-9/h4-7H,1-3H3,(H,17,18,19). The molecular weight excluding hydrogens is 327 g/mol. The molecule has 5 heteroatoms. The van der Waals surface area contributed by atoms with Gasteiger partial charge in [0.05, 0.1) is 4.47 Å². The van der Waals surface area contributed by atoms with Gasteiger partial charge in [-0.25, -0.2) is 9.37 Å². The number of nitrogens with zero attached hydrogens (tertiary/aromatic N) is 1. The van der Waals surface area contributed by atoms with Gasteiger partial charge in [0.25, 0.3) is 0 Å². The molecule has 1 N–H and O–H groups in total. The van der Waals surface area contributed by atoms with Crippen molar-refractivity contribution in [2.75, 3.05) is 0 Å². The topological polar surface area (TPSA) is 28.7 Å². The van der Waals surface area contributed by atoms with E-state index in [1.807, 2.05) is 13.0 Å². The lowest BCUT2D eigenvalue weighted by Crippen LogP contribution is -2.00. The average Bonchev–Trinajstić information content (AvgIpc) is 2.30. The van der Waals surface area contributed by atoms with Crippen molar-refractivity contribution in [1.82, 2.24) is 9.97 Å². The van der Waals surface area contributed by atoms with E-state index < -0.39 is 0 Å². The first kappa shape index (κ1) is 14.3. The zero-order chi connectivity index (χ0) is 14.2. The highest BCUT2D eigenvalue weighted by molar-refractivity contribution is 9.10. The molecule has 2 aromatic rings. The molecule has 1 heterocycles. The summed E-state index contributed by atoms with van der Waals surface area (Å²) < 4.78 is 14.8. The maximum Gasteiger partial charge on any atom is 0.144 e. The molecule has 2 rings (SSSR count). The number of hydrogen-bond acceptors (Lipinski definition) is 2. The van der Waals surface area contributed by atoms with E-state index in [1.54, 1.807) is 0 Å². The molecule has 0 amide bonds. The van der Waals surface area contributed by atoms with E-state index in [2.05, 4.69) is 39.7 Å². The number of aromatic amines is 1. The molecule has 0 spiro atoms. The number of hydrogen-bond donors (Lipinski definition) is 1. The van der Waals surface area contributed by atoms with Gasteiger partial charge in [-0.15, -0.1) is 0 Å². The Hall–Kier alpha value is -1.07. The highest BCUT2D eigenvalue weighted by atomic mass is 79.9. The van der Waals surface area contributed by atoms with E-state index in [-0.39, 0.29) is 11.7 Å². The van der Waals surface area contributed by atoms with Gasteiger partial charge in [-0.05, 0) is 52.5 Å². The van der Waals surface area contributed by atoms with E-state index in [1.165, 1.54) is 12.1 Å². The Kier molecular flexibility index (Phi) is 4.16. The fourth-order valence-corrected chi connectivity index (χ4v) is 2.73. The Labute approximate surface area is 125 Å². The predicted octanol–water partition coefficient (Wildman–Crippen LogP) is 5.14. The lowest BCUT2D eigenvalue weighted by molar-refractivity contribution is 0.627. The summed E-state index contributed by atoms with van der Waals surface area (Å²) >= 11 is 8.69. The molecule has 0 aliphatic rings. The summed E-state index contributed by atoms with van der Waals surface area (Å²) in [5.74, 6) is 0.595. The first-order chi connectivity index (χ1) is 8.88. The van der Waals surface area contributed by atoms with Crippen LogP contribution in [0.25, 0.3) is 11.4 Å². The number of rotatable bonds is 2. The third kappa shape index (κ3) is 3.09. The molecule has 0 saturated heterocycles. The van der Waals surface area contributed by atoms with Crippen molar-refractivity contribution < 1.29 is 4.39 Å². The van der Waals surface area contributed by atoms with Gasteiger partial charge in [0, 0.05) is 11.3 Å². The molecular formula is C14H14BrFN2S. The highest BCUT2D eigenvalue weighted by Crippen LogP contribution is 2.27. The summed E-state index contributed by atoms with van der Waals surface area (Å²) in [4.78, 5) is 7.55. The van der Waals surface area contributed by atoms with Gasteiger partial charge >= 0.3 is 0 Å². The fraction of sp³-hybridized carbons (Fsp3) is 0.286. The molecule has 0 bridgehead atoms. The molecule has 0 unspecified atom stereocenters. The molecule has 1 aromatic carbocycles. The molecule has 19 heavy (non-hydrogen) atoms. The summed E-state index contributed by atoms with van der Waals surface area (Å²) in [6.07, 6.45) is 0.